The van der Waals surface area contributed by atoms with E-state index in [-0.39, 0.29) is 39.2 Å². The Bertz CT molecular complexity index is 1630. The predicted molar refractivity (Wildman–Crippen MR) is 136 cm³/mol. The molecular weight excluding hydrogens is 506 g/mol. The van der Waals surface area contributed by atoms with Crippen LogP contribution in [0.1, 0.15) is 44.3 Å². The van der Waals surface area contributed by atoms with E-state index in [4.69, 9.17) is 15.6 Å². The number of nitrogens with one attached hydrogen (secondary N) is 2. The van der Waals surface area contributed by atoms with E-state index in [1.54, 1.807) is 6.08 Å². The highest BCUT2D eigenvalue weighted by molar-refractivity contribution is 6.31. The minimum absolute atomic E-state index is 0.0290. The summed E-state index contributed by atoms with van der Waals surface area (Å²) in [6.07, 6.45) is 0.414. The van der Waals surface area contributed by atoms with Gasteiger partial charge in [0, 0.05) is 28.5 Å². The third kappa shape index (κ3) is 3.16. The molecule has 0 radical (unpaired) electrons. The Morgan fingerprint density at radius 2 is 1.97 bits per heavy atom. The summed E-state index contributed by atoms with van der Waals surface area (Å²) in [7, 11) is 0. The number of carbonyl (C=O) groups excluding carboxylic acids is 3. The summed E-state index contributed by atoms with van der Waals surface area (Å²) in [5.41, 5.74) is 5.55. The number of phenolic OH excluding ortho intramolecular Hbond substituents is 1. The highest BCUT2D eigenvalue weighted by Gasteiger charge is 2.81. The molecular formula is C28H23N3O8. The fourth-order valence-corrected chi connectivity index (χ4v) is 5.87. The maximum Gasteiger partial charge on any atom is 0.243 e. The summed E-state index contributed by atoms with van der Waals surface area (Å²) < 4.78 is 6.13. The number of benzene rings is 2. The molecule has 4 aliphatic rings. The Kier molecular flexibility index (Phi) is 5.37. The molecule has 8 N–H and O–H groups in total. The molecule has 2 aliphatic carbocycles. The molecule has 0 unspecified atom stereocenters. The Labute approximate surface area is 221 Å². The van der Waals surface area contributed by atoms with Crippen molar-refractivity contribution < 1.29 is 39.5 Å². The summed E-state index contributed by atoms with van der Waals surface area (Å²) >= 11 is 0. The number of aliphatic hydroxyl groups is 3. The number of hydrogen-bond acceptors (Lipinski definition) is 10. The van der Waals surface area contributed by atoms with Crippen LogP contribution in [0.5, 0.6) is 5.75 Å². The van der Waals surface area contributed by atoms with Gasteiger partial charge in [-0.1, -0.05) is 11.8 Å². The molecule has 2 aliphatic heterocycles. The van der Waals surface area contributed by atoms with Crippen LogP contribution in [0.15, 0.2) is 42.1 Å². The first-order chi connectivity index (χ1) is 18.6. The standard InChI is InChI=1S/C28H23N3O8/c1-12(33)27-19-5-3-2-4-6-20(35)28(27,39-27)16-10-18(34)21-22(23(16)31-19)24(36)14-8-7-13(9-15(14)25(21)37)30-26(38)17(29)11-32/h2,5,7-10,12,17,19-20,31-35H,11,29H2,1H3,(H,30,38)/t3?,12-,17+,19+,20-,27+,28+/m1/s1. The van der Waals surface area contributed by atoms with Crippen LogP contribution in [0.3, 0.4) is 0 Å². The van der Waals surface area contributed by atoms with Crippen LogP contribution in [-0.2, 0) is 15.1 Å². The zero-order chi connectivity index (χ0) is 27.9. The van der Waals surface area contributed by atoms with Crippen LogP contribution >= 0.6 is 0 Å². The maximum absolute atomic E-state index is 13.9. The largest absolute Gasteiger partial charge is 0.507 e. The number of rotatable bonds is 4. The highest BCUT2D eigenvalue weighted by atomic mass is 16.7. The average molecular weight is 530 g/mol. The predicted octanol–water partition coefficient (Wildman–Crippen LogP) is -0.346. The molecule has 6 rings (SSSR count). The van der Waals surface area contributed by atoms with Gasteiger partial charge in [-0.3, -0.25) is 14.4 Å². The number of ether oxygens (including phenoxy) is 1. The number of ketones is 2. The molecule has 2 bridgehead atoms. The van der Waals surface area contributed by atoms with E-state index in [2.05, 4.69) is 28.2 Å². The van der Waals surface area contributed by atoms with Gasteiger partial charge < -0.3 is 41.5 Å². The number of epoxide rings is 1. The molecule has 1 fully saturated rings. The van der Waals surface area contributed by atoms with Crippen LogP contribution in [-0.4, -0.2) is 74.4 Å². The van der Waals surface area contributed by atoms with Gasteiger partial charge in [0.2, 0.25) is 5.91 Å². The Hall–Kier alpha value is -4.27. The van der Waals surface area contributed by atoms with Crippen molar-refractivity contribution >= 4 is 28.8 Å². The van der Waals surface area contributed by atoms with Gasteiger partial charge >= 0.3 is 0 Å². The summed E-state index contributed by atoms with van der Waals surface area (Å²) in [5, 5.41) is 47.8. The van der Waals surface area contributed by atoms with Crippen molar-refractivity contribution in [1.29, 1.82) is 0 Å². The van der Waals surface area contributed by atoms with Crippen molar-refractivity contribution in [3.8, 4) is 17.6 Å². The maximum atomic E-state index is 13.9. The molecule has 11 nitrogen and oxygen atoms in total. The van der Waals surface area contributed by atoms with E-state index in [1.165, 1.54) is 37.3 Å². The van der Waals surface area contributed by atoms with Crippen LogP contribution < -0.4 is 16.4 Å². The normalized spacial score (nSPS) is 28.5. The fraction of sp³-hybridized carbons (Fsp3) is 0.286. The van der Waals surface area contributed by atoms with Gasteiger partial charge in [-0.15, -0.1) is 5.73 Å². The van der Waals surface area contributed by atoms with Crippen molar-refractivity contribution in [2.24, 2.45) is 5.73 Å². The van der Waals surface area contributed by atoms with Crippen LogP contribution in [0, 0.1) is 11.8 Å². The molecule has 1 amide bonds. The van der Waals surface area contributed by atoms with Crippen molar-refractivity contribution in [1.82, 2.24) is 0 Å². The molecule has 11 heteroatoms. The molecule has 1 saturated heterocycles. The Morgan fingerprint density at radius 1 is 1.23 bits per heavy atom. The SMILES string of the molecule is C[C@@H](O)[C@@]12O[C@]13c1cc(O)c4c(c1N[C@H]2C=C=CC#C[C@H]3O)C(=O)c1ccc(NC(=O)[C@@H](N)CO)cc1C4=O. The number of fused-ring (bicyclic) bond motifs is 4. The molecule has 2 aromatic carbocycles. The van der Waals surface area contributed by atoms with E-state index in [9.17, 15) is 29.7 Å². The number of carbonyl (C=O) groups is 3. The molecule has 0 saturated carbocycles. The molecule has 6 atom stereocenters. The van der Waals surface area contributed by atoms with E-state index >= 15 is 0 Å². The summed E-state index contributed by atoms with van der Waals surface area (Å²) in [5.74, 6) is 2.87. The van der Waals surface area contributed by atoms with Gasteiger partial charge in [0.1, 0.15) is 11.8 Å². The molecule has 2 aromatic rings. The zero-order valence-corrected chi connectivity index (χ0v) is 20.5. The number of aromatic hydroxyl groups is 1. The number of amides is 1. The van der Waals surface area contributed by atoms with E-state index in [1.807, 2.05) is 0 Å². The van der Waals surface area contributed by atoms with Gasteiger partial charge in [0.05, 0.1) is 35.6 Å². The summed E-state index contributed by atoms with van der Waals surface area (Å²) in [4.78, 5) is 39.6. The zero-order valence-electron chi connectivity index (χ0n) is 20.5. The number of nitrogens with two attached hydrogens (primary N) is 1. The Balaban J connectivity index is 1.53. The molecule has 0 spiro atoms. The second kappa shape index (κ2) is 8.36. The minimum atomic E-state index is -1.61. The summed E-state index contributed by atoms with van der Waals surface area (Å²) in [6, 6.07) is 3.36. The lowest BCUT2D eigenvalue weighted by molar-refractivity contribution is -0.118. The van der Waals surface area contributed by atoms with Gasteiger partial charge in [-0.2, -0.15) is 0 Å². The smallest absolute Gasteiger partial charge is 0.243 e. The van der Waals surface area contributed by atoms with E-state index in [0.29, 0.717) is 0 Å². The second-order valence-electron chi connectivity index (χ2n) is 9.86. The first-order valence-electron chi connectivity index (χ1n) is 12.1. The molecule has 198 valence electrons. The monoisotopic (exact) mass is 529 g/mol. The third-order valence-corrected chi connectivity index (χ3v) is 7.75. The quantitative estimate of drug-likeness (QED) is 0.102. The summed E-state index contributed by atoms with van der Waals surface area (Å²) in [6.45, 7) is 0.922. The fourth-order valence-electron chi connectivity index (χ4n) is 5.87. The van der Waals surface area contributed by atoms with Gasteiger partial charge in [0.25, 0.3) is 0 Å². The average Bonchev–Trinajstić information content (AvgIpc) is 3.64. The van der Waals surface area contributed by atoms with Gasteiger partial charge in [-0.25, -0.2) is 0 Å². The first kappa shape index (κ1) is 25.0. The van der Waals surface area contributed by atoms with Gasteiger partial charge in [-0.05, 0) is 37.3 Å². The van der Waals surface area contributed by atoms with Crippen LogP contribution in [0.4, 0.5) is 11.4 Å². The lowest BCUT2D eigenvalue weighted by Gasteiger charge is -2.38. The van der Waals surface area contributed by atoms with Crippen molar-refractivity contribution in [2.45, 2.75) is 42.4 Å². The Morgan fingerprint density at radius 3 is 2.69 bits per heavy atom. The van der Waals surface area contributed by atoms with Crippen molar-refractivity contribution in [2.75, 3.05) is 17.2 Å². The number of hydrogen-bond donors (Lipinski definition) is 7. The topological polar surface area (TPSA) is 195 Å². The number of phenols is 1. The van der Waals surface area contributed by atoms with Crippen LogP contribution in [0.25, 0.3) is 0 Å². The molecule has 39 heavy (non-hydrogen) atoms. The lowest BCUT2D eigenvalue weighted by Crippen LogP contribution is -2.54. The van der Waals surface area contributed by atoms with Gasteiger partial charge in [0.15, 0.2) is 28.9 Å². The van der Waals surface area contributed by atoms with Crippen molar-refractivity contribution in [3.63, 3.8) is 0 Å². The van der Waals surface area contributed by atoms with E-state index < -0.39 is 65.3 Å². The van der Waals surface area contributed by atoms with Crippen LogP contribution in [0.2, 0.25) is 0 Å². The first-order valence-corrected chi connectivity index (χ1v) is 12.1. The number of aliphatic hydroxyl groups excluding tert-OH is 3. The third-order valence-electron chi connectivity index (χ3n) is 7.75. The van der Waals surface area contributed by atoms with Crippen molar-refractivity contribution in [3.05, 3.63) is 70.0 Å². The second-order valence-corrected chi connectivity index (χ2v) is 9.86. The number of anilines is 2. The van der Waals surface area contributed by atoms with E-state index in [0.717, 1.165) is 0 Å². The molecule has 2 heterocycles. The highest BCUT2D eigenvalue weighted by Crippen LogP contribution is 2.67. The lowest BCUT2D eigenvalue weighted by atomic mass is 9.69. The molecule has 0 aromatic heterocycles. The minimum Gasteiger partial charge on any atom is -0.507 e.